The molecule has 0 saturated heterocycles. The van der Waals surface area contributed by atoms with Gasteiger partial charge in [0.25, 0.3) is 0 Å². The largest absolute Gasteiger partial charge is 0.481 e. The van der Waals surface area contributed by atoms with Crippen molar-refractivity contribution in [3.63, 3.8) is 0 Å². The summed E-state index contributed by atoms with van der Waals surface area (Å²) in [5.41, 5.74) is 7.46. The molecule has 17 nitrogen and oxygen atoms in total. The van der Waals surface area contributed by atoms with Gasteiger partial charge in [-0.2, -0.15) is 20.4 Å². The molecule has 0 aliphatic carbocycles. The van der Waals surface area contributed by atoms with Crippen LogP contribution >= 0.6 is 23.2 Å². The molecule has 6 rings (SSSR count). The van der Waals surface area contributed by atoms with Crippen molar-refractivity contribution in [2.24, 2.45) is 0 Å². The Kier molecular flexibility index (Phi) is 13.6. The normalized spacial score (nSPS) is 12.4. The van der Waals surface area contributed by atoms with Gasteiger partial charge < -0.3 is 34.5 Å². The van der Waals surface area contributed by atoms with Crippen LogP contribution in [-0.4, -0.2) is 88.9 Å². The van der Waals surface area contributed by atoms with E-state index in [2.05, 4.69) is 68.7 Å². The van der Waals surface area contributed by atoms with Gasteiger partial charge in [-0.05, 0) is 72.2 Å². The van der Waals surface area contributed by atoms with E-state index in [9.17, 15) is 10.2 Å². The third-order valence-corrected chi connectivity index (χ3v) is 9.91. The molecule has 19 heteroatoms. The average Bonchev–Trinajstić information content (AvgIpc) is 3.95. The molecule has 2 aromatic carbocycles. The molecule has 4 heterocycles. The number of nitrogens with one attached hydrogen (secondary N) is 3. The number of H-pyrrole nitrogens is 2. The van der Waals surface area contributed by atoms with Crippen molar-refractivity contribution in [1.29, 1.82) is 0 Å². The Balaban J connectivity index is 1.12. The predicted molar refractivity (Wildman–Crippen MR) is 205 cm³/mol. The third kappa shape index (κ3) is 9.31. The Labute approximate surface area is 332 Å². The molecule has 2 atom stereocenters. The highest BCUT2D eigenvalue weighted by molar-refractivity contribution is 6.32. The molecule has 0 saturated carbocycles. The number of nitrogens with zero attached hydrogens (tertiary/aromatic N) is 8. The molecular weight excluding hydrogens is 765 g/mol. The lowest BCUT2D eigenvalue weighted by atomic mass is 9.92. The summed E-state index contributed by atoms with van der Waals surface area (Å²) in [7, 11) is 3.05. The zero-order chi connectivity index (χ0) is 39.6. The molecule has 0 fully saturated rings. The highest BCUT2D eigenvalue weighted by atomic mass is 35.5. The number of benzene rings is 2. The van der Waals surface area contributed by atoms with Gasteiger partial charge in [0.1, 0.15) is 23.3 Å². The van der Waals surface area contributed by atoms with Gasteiger partial charge in [0, 0.05) is 23.6 Å². The number of pyridine rings is 2. The number of aromatic nitrogens is 10. The number of aryl methyl sites for hydroxylation is 1. The molecule has 0 bridgehead atoms. The monoisotopic (exact) mass is 805 g/mol. The second-order valence-electron chi connectivity index (χ2n) is 12.7. The van der Waals surface area contributed by atoms with E-state index in [-0.39, 0.29) is 50.7 Å². The lowest BCUT2D eigenvalue weighted by Gasteiger charge is -2.18. The summed E-state index contributed by atoms with van der Waals surface area (Å²) < 4.78 is 23.4. The lowest BCUT2D eigenvalue weighted by Crippen LogP contribution is -2.25. The van der Waals surface area contributed by atoms with E-state index < -0.39 is 6.04 Å². The average molecular weight is 807 g/mol. The predicted octanol–water partition coefficient (Wildman–Crippen LogP) is 4.80. The zero-order valence-electron chi connectivity index (χ0n) is 31.1. The van der Waals surface area contributed by atoms with E-state index in [1.807, 2.05) is 38.1 Å². The Hall–Kier alpha value is -5.46. The smallest absolute Gasteiger partial charge is 0.236 e. The highest BCUT2D eigenvalue weighted by Crippen LogP contribution is 2.35. The van der Waals surface area contributed by atoms with Gasteiger partial charge in [-0.3, -0.25) is 0 Å². The van der Waals surface area contributed by atoms with Crippen LogP contribution in [0.1, 0.15) is 63.4 Å². The molecule has 0 amide bonds. The summed E-state index contributed by atoms with van der Waals surface area (Å²) in [6.07, 6.45) is 1.05. The number of hydrogen-bond acceptors (Lipinski definition) is 15. The minimum absolute atomic E-state index is 0.130. The molecule has 4 aromatic heterocycles. The van der Waals surface area contributed by atoms with Crippen molar-refractivity contribution in [3.8, 4) is 34.6 Å². The number of aliphatic hydroxyl groups excluding tert-OH is 2. The van der Waals surface area contributed by atoms with Gasteiger partial charge >= 0.3 is 0 Å². The van der Waals surface area contributed by atoms with E-state index in [0.717, 1.165) is 38.9 Å². The number of aliphatic hydroxyl groups is 2. The standard InChI is InChI=1S/C37H41Cl2N11O6/c1-20-24(18-55-36-29(38)13-22(34(41-36)53-3)11-12-23(16-51)32-43-47-48-44-32)7-5-9-27(20)28-10-6-8-25(21(28)2)19-56-37-30(39)14-26(35(42-37)54-4)15-40-31(17-52)33-45-49-50-46-33/h5-10,13-14,23,31,40,51-52H,11-12,15-19H2,1-4H3,(H,43,44,47,48)(H,45,46,49,50). The van der Waals surface area contributed by atoms with Crippen LogP contribution in [0.15, 0.2) is 48.5 Å². The first-order valence-corrected chi connectivity index (χ1v) is 18.3. The second kappa shape index (κ2) is 18.9. The number of ether oxygens (including phenoxy) is 4. The minimum atomic E-state index is -0.550. The Bertz CT molecular complexity index is 2060. The van der Waals surface area contributed by atoms with Crippen LogP contribution in [0.2, 0.25) is 10.0 Å². The minimum Gasteiger partial charge on any atom is -0.481 e. The number of tetrazole rings is 2. The van der Waals surface area contributed by atoms with Crippen LogP contribution in [0, 0.1) is 13.8 Å². The Morgan fingerprint density at radius 3 is 1.73 bits per heavy atom. The van der Waals surface area contributed by atoms with Crippen molar-refractivity contribution < 1.29 is 29.2 Å². The summed E-state index contributed by atoms with van der Waals surface area (Å²) in [5, 5.41) is 51.2. The van der Waals surface area contributed by atoms with Crippen molar-refractivity contribution in [2.75, 3.05) is 27.4 Å². The van der Waals surface area contributed by atoms with E-state index in [0.29, 0.717) is 51.9 Å². The van der Waals surface area contributed by atoms with Gasteiger partial charge in [0.15, 0.2) is 11.6 Å². The number of hydrogen-bond donors (Lipinski definition) is 5. The number of methoxy groups -OCH3 is 2. The third-order valence-electron chi connectivity index (χ3n) is 9.37. The molecule has 0 aliphatic rings. The lowest BCUT2D eigenvalue weighted by molar-refractivity contribution is 0.237. The van der Waals surface area contributed by atoms with Crippen LogP contribution in [0.3, 0.4) is 0 Å². The fourth-order valence-corrected chi connectivity index (χ4v) is 6.62. The summed E-state index contributed by atoms with van der Waals surface area (Å²) >= 11 is 13.3. The number of aromatic amines is 2. The molecule has 0 aliphatic heterocycles. The van der Waals surface area contributed by atoms with Crippen LogP contribution in [0.25, 0.3) is 11.1 Å². The summed E-state index contributed by atoms with van der Waals surface area (Å²) in [6, 6.07) is 15.0. The molecule has 0 radical (unpaired) electrons. The maximum Gasteiger partial charge on any atom is 0.236 e. The van der Waals surface area contributed by atoms with E-state index in [4.69, 9.17) is 42.1 Å². The molecular formula is C37H41Cl2N11O6. The van der Waals surface area contributed by atoms with Gasteiger partial charge in [-0.15, -0.1) is 20.4 Å². The van der Waals surface area contributed by atoms with Gasteiger partial charge in [-0.1, -0.05) is 70.0 Å². The SMILES string of the molecule is COc1nc(OCc2cccc(-c3cccc(COc4nc(OC)c(CNC(CO)c5nn[nH]n5)cc4Cl)c3C)c2C)c(Cl)cc1CCC(CO)c1nn[nH]n1. The molecule has 294 valence electrons. The number of halogens is 2. The Morgan fingerprint density at radius 2 is 1.23 bits per heavy atom. The maximum absolute atomic E-state index is 9.83. The molecule has 2 unspecified atom stereocenters. The van der Waals surface area contributed by atoms with Crippen LogP contribution in [-0.2, 0) is 26.2 Å². The Morgan fingerprint density at radius 1 is 0.696 bits per heavy atom. The zero-order valence-corrected chi connectivity index (χ0v) is 32.6. The molecule has 6 aromatic rings. The first kappa shape index (κ1) is 40.2. The van der Waals surface area contributed by atoms with Crippen molar-refractivity contribution in [1.82, 2.24) is 56.5 Å². The van der Waals surface area contributed by atoms with Crippen LogP contribution < -0.4 is 24.3 Å². The van der Waals surface area contributed by atoms with Crippen molar-refractivity contribution in [2.45, 2.75) is 58.4 Å². The van der Waals surface area contributed by atoms with E-state index in [1.54, 1.807) is 12.1 Å². The van der Waals surface area contributed by atoms with Gasteiger partial charge in [-0.25, -0.2) is 0 Å². The van der Waals surface area contributed by atoms with Crippen molar-refractivity contribution >= 4 is 23.2 Å². The topological polar surface area (TPSA) is 224 Å². The summed E-state index contributed by atoms with van der Waals surface area (Å²) in [5.74, 6) is 1.63. The molecule has 56 heavy (non-hydrogen) atoms. The quantitative estimate of drug-likeness (QED) is 0.0742. The van der Waals surface area contributed by atoms with Crippen LogP contribution in [0.5, 0.6) is 23.5 Å². The summed E-state index contributed by atoms with van der Waals surface area (Å²) in [4.78, 5) is 9.08. The molecule has 5 N–H and O–H groups in total. The van der Waals surface area contributed by atoms with E-state index in [1.165, 1.54) is 14.2 Å². The van der Waals surface area contributed by atoms with E-state index >= 15 is 0 Å². The van der Waals surface area contributed by atoms with Crippen molar-refractivity contribution in [3.05, 3.63) is 104 Å². The fourth-order valence-electron chi connectivity index (χ4n) is 6.17. The second-order valence-corrected chi connectivity index (χ2v) is 13.5. The van der Waals surface area contributed by atoms with Crippen LogP contribution in [0.4, 0.5) is 0 Å². The first-order valence-electron chi connectivity index (χ1n) is 17.6. The molecule has 0 spiro atoms. The van der Waals surface area contributed by atoms with Gasteiger partial charge in [0.2, 0.25) is 23.5 Å². The van der Waals surface area contributed by atoms with Gasteiger partial charge in [0.05, 0.1) is 33.5 Å². The fraction of sp³-hybridized carbons (Fsp3) is 0.351. The highest BCUT2D eigenvalue weighted by Gasteiger charge is 2.21. The maximum atomic E-state index is 9.83. The number of rotatable bonds is 19. The summed E-state index contributed by atoms with van der Waals surface area (Å²) in [6.45, 7) is 4.42. The first-order chi connectivity index (χ1) is 27.2.